The third-order valence-electron chi connectivity index (χ3n) is 2.78. The van der Waals surface area contributed by atoms with Crippen molar-refractivity contribution >= 4 is 5.91 Å². The predicted octanol–water partition coefficient (Wildman–Crippen LogP) is 1.92. The molecule has 2 N–H and O–H groups in total. The Morgan fingerprint density at radius 3 is 2.47 bits per heavy atom. The van der Waals surface area contributed by atoms with E-state index in [1.807, 2.05) is 6.92 Å². The van der Waals surface area contributed by atoms with E-state index in [1.54, 1.807) is 0 Å². The van der Waals surface area contributed by atoms with Crippen molar-refractivity contribution in [2.75, 3.05) is 6.61 Å². The van der Waals surface area contributed by atoms with Crippen LogP contribution in [0.3, 0.4) is 0 Å². The van der Waals surface area contributed by atoms with Gasteiger partial charge < -0.3 is 10.4 Å². The summed E-state index contributed by atoms with van der Waals surface area (Å²) in [5.41, 5.74) is -0.199. The molecule has 0 fully saturated rings. The van der Waals surface area contributed by atoms with Crippen LogP contribution in [0.2, 0.25) is 0 Å². The van der Waals surface area contributed by atoms with Gasteiger partial charge in [0.2, 0.25) is 5.91 Å². The second-order valence-corrected chi connectivity index (χ2v) is 4.22. The molecule has 0 aromatic heterocycles. The van der Waals surface area contributed by atoms with Gasteiger partial charge in [-0.2, -0.15) is 0 Å². The monoisotopic (exact) mass is 275 g/mol. The zero-order chi connectivity index (χ0) is 14.4. The first-order chi connectivity index (χ1) is 8.97. The molecule has 1 unspecified atom stereocenters. The molecular weight excluding hydrogens is 259 g/mol. The van der Waals surface area contributed by atoms with Crippen molar-refractivity contribution in [3.05, 3.63) is 35.1 Å². The molecule has 0 heterocycles. The van der Waals surface area contributed by atoms with Gasteiger partial charge in [0.25, 0.3) is 0 Å². The van der Waals surface area contributed by atoms with Crippen LogP contribution in [0.15, 0.2) is 12.1 Å². The van der Waals surface area contributed by atoms with E-state index in [0.717, 1.165) is 0 Å². The Morgan fingerprint density at radius 1 is 1.26 bits per heavy atom. The molecule has 3 nitrogen and oxygen atoms in total. The van der Waals surface area contributed by atoms with E-state index in [4.69, 9.17) is 5.11 Å². The quantitative estimate of drug-likeness (QED) is 0.779. The second kappa shape index (κ2) is 7.13. The molecule has 6 heteroatoms. The maximum atomic E-state index is 13.3. The molecule has 0 spiro atoms. The Morgan fingerprint density at radius 2 is 1.89 bits per heavy atom. The minimum atomic E-state index is -1.28. The van der Waals surface area contributed by atoms with Crippen LogP contribution in [0.1, 0.15) is 25.3 Å². The summed E-state index contributed by atoms with van der Waals surface area (Å²) >= 11 is 0. The number of hydrogen-bond acceptors (Lipinski definition) is 2. The van der Waals surface area contributed by atoms with Crippen molar-refractivity contribution in [1.29, 1.82) is 0 Å². The first kappa shape index (κ1) is 15.5. The standard InChI is InChI=1S/C13H16F3NO2/c1-2-9(3-4-18)17-13(19)6-8-5-11(15)12(16)7-10(8)14/h5,7,9,18H,2-4,6H2,1H3,(H,17,19). The Labute approximate surface area is 109 Å². The Kier molecular flexibility index (Phi) is 5.82. The molecule has 0 saturated heterocycles. The van der Waals surface area contributed by atoms with Gasteiger partial charge in [0.1, 0.15) is 5.82 Å². The Hall–Kier alpha value is -1.56. The molecule has 0 aliphatic rings. The van der Waals surface area contributed by atoms with Crippen LogP contribution < -0.4 is 5.32 Å². The van der Waals surface area contributed by atoms with E-state index >= 15 is 0 Å². The maximum Gasteiger partial charge on any atom is 0.224 e. The minimum absolute atomic E-state index is 0.0711. The lowest BCUT2D eigenvalue weighted by molar-refractivity contribution is -0.121. The lowest BCUT2D eigenvalue weighted by Gasteiger charge is -2.15. The highest BCUT2D eigenvalue weighted by Gasteiger charge is 2.15. The molecule has 0 aliphatic heterocycles. The average Bonchev–Trinajstić information content (AvgIpc) is 2.35. The predicted molar refractivity (Wildman–Crippen MR) is 63.9 cm³/mol. The Bertz CT molecular complexity index is 452. The zero-order valence-electron chi connectivity index (χ0n) is 10.5. The molecule has 1 amide bonds. The first-order valence-corrected chi connectivity index (χ1v) is 6.01. The number of halogens is 3. The van der Waals surface area contributed by atoms with Gasteiger partial charge in [-0.3, -0.25) is 4.79 Å². The highest BCUT2D eigenvalue weighted by Crippen LogP contribution is 2.14. The van der Waals surface area contributed by atoms with Crippen LogP contribution >= 0.6 is 0 Å². The van der Waals surface area contributed by atoms with Crippen molar-refractivity contribution < 1.29 is 23.1 Å². The van der Waals surface area contributed by atoms with Crippen molar-refractivity contribution in [3.63, 3.8) is 0 Å². The van der Waals surface area contributed by atoms with Crippen molar-refractivity contribution in [2.24, 2.45) is 0 Å². The molecule has 1 aromatic rings. The van der Waals surface area contributed by atoms with Gasteiger partial charge in [-0.05, 0) is 18.9 Å². The van der Waals surface area contributed by atoms with Crippen LogP contribution in [0.25, 0.3) is 0 Å². The van der Waals surface area contributed by atoms with Crippen LogP contribution in [0.5, 0.6) is 0 Å². The molecule has 0 saturated carbocycles. The fraction of sp³-hybridized carbons (Fsp3) is 0.462. The van der Waals surface area contributed by atoms with E-state index in [9.17, 15) is 18.0 Å². The fourth-order valence-electron chi connectivity index (χ4n) is 1.69. The number of carbonyl (C=O) groups is 1. The summed E-state index contributed by atoms with van der Waals surface area (Å²) in [6.07, 6.45) is 0.639. The molecule has 0 bridgehead atoms. The van der Waals surface area contributed by atoms with Gasteiger partial charge in [-0.15, -0.1) is 0 Å². The summed E-state index contributed by atoms with van der Waals surface area (Å²) in [4.78, 5) is 11.6. The van der Waals surface area contributed by atoms with Gasteiger partial charge >= 0.3 is 0 Å². The van der Waals surface area contributed by atoms with E-state index in [-0.39, 0.29) is 24.6 Å². The largest absolute Gasteiger partial charge is 0.396 e. The molecule has 1 rings (SSSR count). The minimum Gasteiger partial charge on any atom is -0.396 e. The van der Waals surface area contributed by atoms with Crippen molar-refractivity contribution in [1.82, 2.24) is 5.32 Å². The van der Waals surface area contributed by atoms with Gasteiger partial charge in [0.15, 0.2) is 11.6 Å². The summed E-state index contributed by atoms with van der Waals surface area (Å²) in [6.45, 7) is 1.76. The van der Waals surface area contributed by atoms with Crippen LogP contribution in [0, 0.1) is 17.5 Å². The molecule has 19 heavy (non-hydrogen) atoms. The van der Waals surface area contributed by atoms with E-state index < -0.39 is 23.4 Å². The SMILES string of the molecule is CCC(CCO)NC(=O)Cc1cc(F)c(F)cc1F. The molecule has 106 valence electrons. The highest BCUT2D eigenvalue weighted by atomic mass is 19.2. The topological polar surface area (TPSA) is 49.3 Å². The summed E-state index contributed by atoms with van der Waals surface area (Å²) in [5.74, 6) is -3.92. The molecule has 1 atom stereocenters. The number of hydrogen-bond donors (Lipinski definition) is 2. The average molecular weight is 275 g/mol. The van der Waals surface area contributed by atoms with Gasteiger partial charge in [-0.1, -0.05) is 6.92 Å². The summed E-state index contributed by atoms with van der Waals surface area (Å²) in [5, 5.41) is 11.4. The maximum absolute atomic E-state index is 13.3. The molecule has 0 radical (unpaired) electrons. The zero-order valence-corrected chi connectivity index (χ0v) is 10.5. The van der Waals surface area contributed by atoms with E-state index in [1.165, 1.54) is 0 Å². The second-order valence-electron chi connectivity index (χ2n) is 4.22. The highest BCUT2D eigenvalue weighted by molar-refractivity contribution is 5.78. The number of benzene rings is 1. The van der Waals surface area contributed by atoms with Crippen LogP contribution in [0.4, 0.5) is 13.2 Å². The van der Waals surface area contributed by atoms with E-state index in [2.05, 4.69) is 5.32 Å². The third kappa shape index (κ3) is 4.55. The molecule has 0 aliphatic carbocycles. The summed E-state index contributed by atoms with van der Waals surface area (Å²) < 4.78 is 39.0. The molecule has 1 aromatic carbocycles. The number of aliphatic hydroxyl groups is 1. The fourth-order valence-corrected chi connectivity index (χ4v) is 1.69. The van der Waals surface area contributed by atoms with Gasteiger partial charge in [-0.25, -0.2) is 13.2 Å². The van der Waals surface area contributed by atoms with Gasteiger partial charge in [0, 0.05) is 24.3 Å². The van der Waals surface area contributed by atoms with Crippen LogP contribution in [-0.2, 0) is 11.2 Å². The lowest BCUT2D eigenvalue weighted by Crippen LogP contribution is -2.36. The van der Waals surface area contributed by atoms with Gasteiger partial charge in [0.05, 0.1) is 6.42 Å². The normalized spacial score (nSPS) is 12.3. The van der Waals surface area contributed by atoms with Crippen molar-refractivity contribution in [3.8, 4) is 0 Å². The Balaban J connectivity index is 2.69. The number of nitrogens with one attached hydrogen (secondary N) is 1. The van der Waals surface area contributed by atoms with E-state index in [0.29, 0.717) is 25.0 Å². The number of carbonyl (C=O) groups excluding carboxylic acids is 1. The lowest BCUT2D eigenvalue weighted by atomic mass is 10.1. The summed E-state index contributed by atoms with van der Waals surface area (Å²) in [7, 11) is 0. The van der Waals surface area contributed by atoms with Crippen molar-refractivity contribution in [2.45, 2.75) is 32.2 Å². The first-order valence-electron chi connectivity index (χ1n) is 6.01. The smallest absolute Gasteiger partial charge is 0.224 e. The number of amides is 1. The number of rotatable bonds is 6. The number of aliphatic hydroxyl groups excluding tert-OH is 1. The molecular formula is C13H16F3NO2. The third-order valence-corrected chi connectivity index (χ3v) is 2.78. The van der Waals surface area contributed by atoms with Crippen LogP contribution in [-0.4, -0.2) is 23.7 Å². The summed E-state index contributed by atoms with van der Waals surface area (Å²) in [6, 6.07) is 0.881.